The Bertz CT molecular complexity index is 410. The fraction of sp³-hybridized carbons (Fsp3) is 0.300. The van der Waals surface area contributed by atoms with Gasteiger partial charge in [-0.2, -0.15) is 0 Å². The highest BCUT2D eigenvalue weighted by Gasteiger charge is 2.09. The van der Waals surface area contributed by atoms with Crippen LogP contribution in [0.4, 0.5) is 5.69 Å². The quantitative estimate of drug-likeness (QED) is 0.328. The molecule has 0 radical (unpaired) electrons. The van der Waals surface area contributed by atoms with Gasteiger partial charge < -0.3 is 4.74 Å². The first kappa shape index (κ1) is 11.1. The summed E-state index contributed by atoms with van der Waals surface area (Å²) in [5, 5.41) is 10.5. The van der Waals surface area contributed by atoms with Crippen LogP contribution in [0.15, 0.2) is 18.2 Å². The van der Waals surface area contributed by atoms with Gasteiger partial charge in [0.05, 0.1) is 11.5 Å². The van der Waals surface area contributed by atoms with Crippen LogP contribution in [0.5, 0.6) is 0 Å². The van der Waals surface area contributed by atoms with Gasteiger partial charge >= 0.3 is 6.73 Å². The Morgan fingerprint density at radius 1 is 1.60 bits per heavy atom. The topological polar surface area (TPSA) is 56.7 Å². The zero-order valence-electron chi connectivity index (χ0n) is 8.27. The monoisotopic (exact) mass is 206 g/mol. The number of benzene rings is 1. The maximum atomic E-state index is 10.5. The molecule has 78 valence electrons. The van der Waals surface area contributed by atoms with E-state index in [9.17, 15) is 10.1 Å². The third-order valence-corrected chi connectivity index (χ3v) is 1.88. The van der Waals surface area contributed by atoms with E-state index in [1.165, 1.54) is 6.07 Å². The van der Waals surface area contributed by atoms with Crippen LogP contribution in [-0.4, -0.2) is 11.7 Å². The Kier molecular flexibility index (Phi) is 3.77. The molecule has 0 unspecified atom stereocenters. The van der Waals surface area contributed by atoms with Crippen molar-refractivity contribution in [1.82, 2.24) is 0 Å². The number of hydrogen-bond acceptors (Lipinski definition) is 3. The van der Waals surface area contributed by atoms with Crippen LogP contribution in [0.2, 0.25) is 0 Å². The van der Waals surface area contributed by atoms with E-state index in [2.05, 4.69) is 4.85 Å². The molecule has 5 heteroatoms. The first-order chi connectivity index (χ1) is 7.15. The van der Waals surface area contributed by atoms with Crippen molar-refractivity contribution in [2.45, 2.75) is 13.5 Å². The van der Waals surface area contributed by atoms with Crippen LogP contribution in [-0.2, 0) is 11.3 Å². The lowest BCUT2D eigenvalue weighted by Gasteiger charge is -2.01. The van der Waals surface area contributed by atoms with Crippen molar-refractivity contribution in [3.8, 4) is 0 Å². The molecule has 0 N–H and O–H groups in total. The summed E-state index contributed by atoms with van der Waals surface area (Å²) >= 11 is 0. The molecule has 1 aromatic rings. The lowest BCUT2D eigenvalue weighted by molar-refractivity contribution is -0.385. The Hall–Kier alpha value is -1.93. The molecule has 0 spiro atoms. The zero-order chi connectivity index (χ0) is 11.3. The molecule has 0 aliphatic carbocycles. The van der Waals surface area contributed by atoms with Crippen molar-refractivity contribution in [3.63, 3.8) is 0 Å². The van der Waals surface area contributed by atoms with Gasteiger partial charge in [0.15, 0.2) is 0 Å². The Morgan fingerprint density at radius 3 is 2.87 bits per heavy atom. The third-order valence-electron chi connectivity index (χ3n) is 1.88. The van der Waals surface area contributed by atoms with Crippen molar-refractivity contribution in [3.05, 3.63) is 50.9 Å². The molecule has 0 aromatic heterocycles. The van der Waals surface area contributed by atoms with Gasteiger partial charge in [-0.05, 0) is 24.6 Å². The summed E-state index contributed by atoms with van der Waals surface area (Å²) in [4.78, 5) is 13.1. The minimum absolute atomic E-state index is 0.00996. The van der Waals surface area contributed by atoms with E-state index < -0.39 is 4.92 Å². The lowest BCUT2D eigenvalue weighted by atomic mass is 10.1. The molecule has 0 atom stereocenters. The average molecular weight is 206 g/mol. The summed E-state index contributed by atoms with van der Waals surface area (Å²) in [6.45, 7) is 8.51. The highest BCUT2D eigenvalue weighted by atomic mass is 16.6. The van der Waals surface area contributed by atoms with Gasteiger partial charge in [-0.15, -0.1) is 0 Å². The minimum atomic E-state index is -0.418. The van der Waals surface area contributed by atoms with Crippen molar-refractivity contribution < 1.29 is 9.66 Å². The van der Waals surface area contributed by atoms with Crippen molar-refractivity contribution in [1.29, 1.82) is 0 Å². The summed E-state index contributed by atoms with van der Waals surface area (Å²) in [7, 11) is 0. The SMILES string of the molecule is [C-]#[N+]COCc1ccc([N+](=O)[O-])c(C)c1. The van der Waals surface area contributed by atoms with Crippen LogP contribution in [0.3, 0.4) is 0 Å². The van der Waals surface area contributed by atoms with Gasteiger partial charge in [-0.1, -0.05) is 0 Å². The number of nitro benzene ring substituents is 1. The summed E-state index contributed by atoms with van der Waals surface area (Å²) in [6.07, 6.45) is 0. The lowest BCUT2D eigenvalue weighted by Crippen LogP contribution is -1.95. The predicted molar refractivity (Wildman–Crippen MR) is 54.1 cm³/mol. The van der Waals surface area contributed by atoms with Crippen molar-refractivity contribution in [2.24, 2.45) is 0 Å². The van der Waals surface area contributed by atoms with Crippen LogP contribution >= 0.6 is 0 Å². The minimum Gasteiger partial charge on any atom is -0.308 e. The fourth-order valence-electron chi connectivity index (χ4n) is 1.22. The van der Waals surface area contributed by atoms with Gasteiger partial charge in [0.1, 0.15) is 0 Å². The van der Waals surface area contributed by atoms with E-state index >= 15 is 0 Å². The molecule has 0 fully saturated rings. The zero-order valence-corrected chi connectivity index (χ0v) is 8.27. The van der Waals surface area contributed by atoms with Crippen LogP contribution in [0.25, 0.3) is 4.85 Å². The molecule has 0 aliphatic heterocycles. The number of aryl methyl sites for hydroxylation is 1. The van der Waals surface area contributed by atoms with Crippen molar-refractivity contribution >= 4 is 5.69 Å². The Balaban J connectivity index is 2.74. The second-order valence-electron chi connectivity index (χ2n) is 3.01. The molecule has 0 amide bonds. The molecule has 15 heavy (non-hydrogen) atoms. The summed E-state index contributed by atoms with van der Waals surface area (Å²) in [6, 6.07) is 4.78. The molecule has 0 bridgehead atoms. The van der Waals surface area contributed by atoms with Gasteiger partial charge in [-0.3, -0.25) is 15.0 Å². The van der Waals surface area contributed by atoms with Gasteiger partial charge in [-0.25, -0.2) is 6.57 Å². The standard InChI is InChI=1S/C10H10N2O3/c1-8-5-9(6-15-7-11-2)3-4-10(8)12(13)14/h3-5H,6-7H2,1H3. The second-order valence-corrected chi connectivity index (χ2v) is 3.01. The summed E-state index contributed by atoms with van der Waals surface area (Å²) in [5.41, 5.74) is 1.54. The highest BCUT2D eigenvalue weighted by Crippen LogP contribution is 2.19. The van der Waals surface area contributed by atoms with E-state index in [4.69, 9.17) is 11.3 Å². The van der Waals surface area contributed by atoms with Gasteiger partial charge in [0, 0.05) is 11.6 Å². The van der Waals surface area contributed by atoms with E-state index in [0.717, 1.165) is 5.56 Å². The molecular formula is C10H10N2O3. The number of nitrogens with zero attached hydrogens (tertiary/aromatic N) is 2. The van der Waals surface area contributed by atoms with Crippen LogP contribution in [0.1, 0.15) is 11.1 Å². The molecular weight excluding hydrogens is 196 g/mol. The predicted octanol–water partition coefficient (Wildman–Crippen LogP) is 2.30. The van der Waals surface area contributed by atoms with Gasteiger partial charge in [0.2, 0.25) is 0 Å². The molecule has 0 aliphatic rings. The number of ether oxygens (including phenoxy) is 1. The molecule has 1 aromatic carbocycles. The van der Waals surface area contributed by atoms with E-state index in [1.807, 2.05) is 0 Å². The summed E-state index contributed by atoms with van der Waals surface area (Å²) in [5.74, 6) is 0. The molecule has 0 heterocycles. The Morgan fingerprint density at radius 2 is 2.33 bits per heavy atom. The molecule has 0 saturated carbocycles. The number of rotatable bonds is 4. The maximum absolute atomic E-state index is 10.5. The third kappa shape index (κ3) is 3.04. The smallest absolute Gasteiger partial charge is 0.308 e. The van der Waals surface area contributed by atoms with Crippen molar-refractivity contribution in [2.75, 3.05) is 6.73 Å². The normalized spacial score (nSPS) is 9.60. The molecule has 1 rings (SSSR count). The molecule has 0 saturated heterocycles. The number of hydrogen-bond donors (Lipinski definition) is 0. The van der Waals surface area contributed by atoms with E-state index in [-0.39, 0.29) is 12.4 Å². The first-order valence-corrected chi connectivity index (χ1v) is 4.30. The van der Waals surface area contributed by atoms with E-state index in [1.54, 1.807) is 19.1 Å². The first-order valence-electron chi connectivity index (χ1n) is 4.30. The van der Waals surface area contributed by atoms with Gasteiger partial charge in [0.25, 0.3) is 5.69 Å². The second kappa shape index (κ2) is 5.08. The van der Waals surface area contributed by atoms with Crippen LogP contribution in [0, 0.1) is 23.6 Å². The average Bonchev–Trinajstić information content (AvgIpc) is 2.17. The maximum Gasteiger partial charge on any atom is 0.318 e. The summed E-state index contributed by atoms with van der Waals surface area (Å²) < 4.78 is 5.00. The van der Waals surface area contributed by atoms with E-state index in [0.29, 0.717) is 12.2 Å². The molecule has 5 nitrogen and oxygen atoms in total. The highest BCUT2D eigenvalue weighted by molar-refractivity contribution is 5.41. The largest absolute Gasteiger partial charge is 0.318 e. The fourth-order valence-corrected chi connectivity index (χ4v) is 1.22. The van der Waals surface area contributed by atoms with Crippen LogP contribution < -0.4 is 0 Å². The number of nitro groups is 1. The Labute approximate surface area is 87.3 Å².